The van der Waals surface area contributed by atoms with Crippen LogP contribution in [0, 0.1) is 0 Å². The molecule has 5 heterocycles. The molecule has 14 heteroatoms. The number of nitrogens with zero attached hydrogens (tertiary/aromatic N) is 4. The number of sulfone groups is 1. The van der Waals surface area contributed by atoms with Crippen LogP contribution in [-0.2, 0) is 39.3 Å². The van der Waals surface area contributed by atoms with Crippen LogP contribution in [0.15, 0.2) is 41.7 Å². The molecule has 1 N–H and O–H groups in total. The van der Waals surface area contributed by atoms with Crippen molar-refractivity contribution < 1.29 is 31.1 Å². The predicted octanol–water partition coefficient (Wildman–Crippen LogP) is 4.83. The van der Waals surface area contributed by atoms with Gasteiger partial charge in [-0.05, 0) is 56.4 Å². The third-order valence-electron chi connectivity index (χ3n) is 8.71. The first kappa shape index (κ1) is 30.1. The number of likely N-dealkylation sites (tertiary alicyclic amines) is 1. The summed E-state index contributed by atoms with van der Waals surface area (Å²) in [6, 6.07) is 4.92. The van der Waals surface area contributed by atoms with E-state index < -0.39 is 27.4 Å². The molecule has 2 fully saturated rings. The fourth-order valence-electron chi connectivity index (χ4n) is 5.96. The van der Waals surface area contributed by atoms with E-state index in [1.807, 2.05) is 13.0 Å². The van der Waals surface area contributed by atoms with Gasteiger partial charge in [0.15, 0.2) is 9.84 Å². The fraction of sp³-hybridized carbons (Fsp3) is 0.517. The van der Waals surface area contributed by atoms with Crippen LogP contribution in [0.25, 0.3) is 0 Å². The average molecular weight is 636 g/mol. The van der Waals surface area contributed by atoms with Crippen molar-refractivity contribution in [1.82, 2.24) is 25.2 Å². The number of carbonyl (C=O) groups excluding carboxylic acids is 1. The lowest BCUT2D eigenvalue weighted by Gasteiger charge is -2.47. The number of alkyl halides is 3. The van der Waals surface area contributed by atoms with Crippen LogP contribution in [-0.4, -0.2) is 58.6 Å². The number of carbonyl (C=O) groups is 1. The molecule has 0 radical (unpaired) electrons. The Morgan fingerprint density at radius 3 is 2.40 bits per heavy atom. The highest BCUT2D eigenvalue weighted by Gasteiger charge is 2.56. The van der Waals surface area contributed by atoms with E-state index in [4.69, 9.17) is 4.74 Å². The normalized spacial score (nSPS) is 20.1. The second kappa shape index (κ2) is 10.9. The summed E-state index contributed by atoms with van der Waals surface area (Å²) in [5.74, 6) is -1.38. The zero-order valence-corrected chi connectivity index (χ0v) is 25.4. The summed E-state index contributed by atoms with van der Waals surface area (Å²) < 4.78 is 69.6. The number of piperidine rings is 1. The number of rotatable bonds is 7. The molecule has 0 bridgehead atoms. The summed E-state index contributed by atoms with van der Waals surface area (Å²) in [5, 5.41) is 2.91. The quantitative estimate of drug-likeness (QED) is 0.393. The first-order valence-electron chi connectivity index (χ1n) is 14.3. The van der Waals surface area contributed by atoms with E-state index in [0.717, 1.165) is 29.7 Å². The van der Waals surface area contributed by atoms with E-state index in [0.29, 0.717) is 42.1 Å². The SMILES string of the molecule is CCS(=O)(=O)c1ccc(CNC(=O)c2cc3c(s2)C2(CCN([C@@H](C)c4cnc(C(F)(F)F)nc4)CC2)OC2(CC2)C3)nc1. The Bertz CT molecular complexity index is 1610. The molecular formula is C29H32F3N5O4S2. The van der Waals surface area contributed by atoms with Crippen molar-refractivity contribution >= 4 is 27.1 Å². The van der Waals surface area contributed by atoms with E-state index in [1.54, 1.807) is 13.0 Å². The second-order valence-electron chi connectivity index (χ2n) is 11.5. The Morgan fingerprint density at radius 2 is 1.81 bits per heavy atom. The number of nitrogens with one attached hydrogen (secondary N) is 1. The van der Waals surface area contributed by atoms with Gasteiger partial charge >= 0.3 is 6.18 Å². The molecule has 1 saturated carbocycles. The number of hydrogen-bond acceptors (Lipinski definition) is 9. The highest BCUT2D eigenvalue weighted by Crippen LogP contribution is 2.57. The number of thiophene rings is 1. The molecule has 1 atom stereocenters. The van der Waals surface area contributed by atoms with Gasteiger partial charge in [0.25, 0.3) is 5.91 Å². The number of pyridine rings is 1. The summed E-state index contributed by atoms with van der Waals surface area (Å²) in [6.45, 7) is 5.03. The molecular weight excluding hydrogens is 603 g/mol. The van der Waals surface area contributed by atoms with Crippen molar-refractivity contribution in [2.45, 2.75) is 80.8 Å². The van der Waals surface area contributed by atoms with Crippen molar-refractivity contribution in [3.8, 4) is 0 Å². The van der Waals surface area contributed by atoms with Crippen molar-refractivity contribution in [3.05, 3.63) is 69.2 Å². The molecule has 0 aromatic carbocycles. The molecule has 1 saturated heterocycles. The van der Waals surface area contributed by atoms with Crippen LogP contribution in [0.1, 0.15) is 82.8 Å². The topological polar surface area (TPSA) is 114 Å². The van der Waals surface area contributed by atoms with Gasteiger partial charge in [-0.25, -0.2) is 18.4 Å². The Balaban J connectivity index is 1.14. The van der Waals surface area contributed by atoms with Gasteiger partial charge in [-0.1, -0.05) is 6.92 Å². The van der Waals surface area contributed by atoms with Crippen molar-refractivity contribution in [2.24, 2.45) is 0 Å². The van der Waals surface area contributed by atoms with Crippen molar-refractivity contribution in [1.29, 1.82) is 0 Å². The van der Waals surface area contributed by atoms with E-state index in [2.05, 4.69) is 25.2 Å². The molecule has 3 aromatic rings. The first-order chi connectivity index (χ1) is 20.3. The highest BCUT2D eigenvalue weighted by molar-refractivity contribution is 7.91. The zero-order valence-electron chi connectivity index (χ0n) is 23.8. The highest BCUT2D eigenvalue weighted by atomic mass is 32.2. The number of ether oxygens (including phenoxy) is 1. The van der Waals surface area contributed by atoms with Crippen LogP contribution in [0.5, 0.6) is 0 Å². The minimum atomic E-state index is -4.58. The standard InChI is InChI=1S/C29H32F3N5O4S2/c1-3-43(39,40)22-5-4-21(33-17-22)16-34-25(38)23-12-19-13-27(6-7-27)41-28(24(19)42-23)8-10-37(11-9-28)18(2)20-14-35-26(36-15-20)29(30,31)32/h4-5,12,14-15,17-18H,3,6-11,13,16H2,1-2H3,(H,34,38)/t18-/m0/s1. The van der Waals surface area contributed by atoms with Crippen LogP contribution in [0.2, 0.25) is 0 Å². The maximum absolute atomic E-state index is 13.2. The lowest BCUT2D eigenvalue weighted by molar-refractivity contribution is -0.153. The van der Waals surface area contributed by atoms with Crippen LogP contribution in [0.4, 0.5) is 13.2 Å². The fourth-order valence-corrected chi connectivity index (χ4v) is 8.06. The van der Waals surface area contributed by atoms with Crippen LogP contribution in [0.3, 0.4) is 0 Å². The molecule has 1 amide bonds. The first-order valence-corrected chi connectivity index (χ1v) is 16.7. The molecule has 2 spiro atoms. The number of hydrogen-bond donors (Lipinski definition) is 1. The molecule has 3 aromatic heterocycles. The number of amides is 1. The minimum Gasteiger partial charge on any atom is -0.363 e. The van der Waals surface area contributed by atoms with Gasteiger partial charge in [-0.15, -0.1) is 11.3 Å². The summed E-state index contributed by atoms with van der Waals surface area (Å²) in [7, 11) is -3.34. The van der Waals surface area contributed by atoms with Crippen molar-refractivity contribution in [3.63, 3.8) is 0 Å². The maximum Gasteiger partial charge on any atom is 0.451 e. The molecule has 2 aliphatic heterocycles. The van der Waals surface area contributed by atoms with E-state index in [9.17, 15) is 26.4 Å². The summed E-state index contributed by atoms with van der Waals surface area (Å²) in [6.07, 6.45) is 3.36. The molecule has 6 rings (SSSR count). The molecule has 0 unspecified atom stereocenters. The third kappa shape index (κ3) is 5.94. The molecule has 1 aliphatic carbocycles. The van der Waals surface area contributed by atoms with E-state index >= 15 is 0 Å². The molecule has 230 valence electrons. The van der Waals surface area contributed by atoms with Gasteiger partial charge in [0.05, 0.1) is 33.4 Å². The van der Waals surface area contributed by atoms with Gasteiger partial charge in [-0.2, -0.15) is 13.2 Å². The van der Waals surface area contributed by atoms with Gasteiger partial charge in [0.1, 0.15) is 5.60 Å². The Kier molecular flexibility index (Phi) is 7.63. The third-order valence-corrected chi connectivity index (χ3v) is 11.8. The predicted molar refractivity (Wildman–Crippen MR) is 152 cm³/mol. The Labute approximate surface area is 251 Å². The largest absolute Gasteiger partial charge is 0.451 e. The van der Waals surface area contributed by atoms with Gasteiger partial charge in [0.2, 0.25) is 5.82 Å². The number of halogens is 3. The van der Waals surface area contributed by atoms with Crippen LogP contribution < -0.4 is 5.32 Å². The minimum absolute atomic E-state index is 0.00846. The van der Waals surface area contributed by atoms with Gasteiger partial charge < -0.3 is 10.1 Å². The second-order valence-corrected chi connectivity index (χ2v) is 14.9. The number of fused-ring (bicyclic) bond motifs is 2. The smallest absolute Gasteiger partial charge is 0.363 e. The molecule has 9 nitrogen and oxygen atoms in total. The lowest BCUT2D eigenvalue weighted by Crippen LogP contribution is -2.49. The maximum atomic E-state index is 13.2. The summed E-state index contributed by atoms with van der Waals surface area (Å²) >= 11 is 1.45. The monoisotopic (exact) mass is 635 g/mol. The zero-order chi connectivity index (χ0) is 30.6. The molecule has 43 heavy (non-hydrogen) atoms. The Morgan fingerprint density at radius 1 is 1.12 bits per heavy atom. The number of aromatic nitrogens is 3. The van der Waals surface area contributed by atoms with Crippen LogP contribution >= 0.6 is 11.3 Å². The van der Waals surface area contributed by atoms with E-state index in [-0.39, 0.29) is 34.7 Å². The average Bonchev–Trinajstić information content (AvgIpc) is 3.58. The lowest BCUT2D eigenvalue weighted by atomic mass is 9.82. The summed E-state index contributed by atoms with van der Waals surface area (Å²) in [4.78, 5) is 28.5. The van der Waals surface area contributed by atoms with Crippen molar-refractivity contribution in [2.75, 3.05) is 18.8 Å². The Hall–Kier alpha value is -2.94. The molecule has 3 aliphatic rings. The van der Waals surface area contributed by atoms with Gasteiger partial charge in [0, 0.05) is 54.6 Å². The summed E-state index contributed by atoms with van der Waals surface area (Å²) in [5.41, 5.74) is 1.62. The van der Waals surface area contributed by atoms with Gasteiger partial charge in [-0.3, -0.25) is 14.7 Å². The van der Waals surface area contributed by atoms with E-state index in [1.165, 1.54) is 36.0 Å².